The number of rotatable bonds is 3. The Bertz CT molecular complexity index is 229. The van der Waals surface area contributed by atoms with Gasteiger partial charge in [-0.15, -0.1) is 0 Å². The van der Waals surface area contributed by atoms with Crippen LogP contribution in [0.15, 0.2) is 0 Å². The summed E-state index contributed by atoms with van der Waals surface area (Å²) in [6, 6.07) is 0.591. The molecule has 2 rings (SSSR count). The SMILES string of the molecule is O=C(C[NH2+]C1CC[NH2+]C1)N1CCCC1O. The van der Waals surface area contributed by atoms with Gasteiger partial charge < -0.3 is 20.6 Å². The van der Waals surface area contributed by atoms with Crippen molar-refractivity contribution in [2.24, 2.45) is 0 Å². The van der Waals surface area contributed by atoms with Crippen LogP contribution in [0.5, 0.6) is 0 Å². The van der Waals surface area contributed by atoms with Crippen molar-refractivity contribution in [3.63, 3.8) is 0 Å². The summed E-state index contributed by atoms with van der Waals surface area (Å²) in [5, 5.41) is 13.9. The number of likely N-dealkylation sites (tertiary alicyclic amines) is 1. The van der Waals surface area contributed by atoms with E-state index in [0.717, 1.165) is 25.9 Å². The largest absolute Gasteiger partial charge is 0.374 e. The van der Waals surface area contributed by atoms with Crippen LogP contribution in [0.4, 0.5) is 0 Å². The average molecular weight is 215 g/mol. The summed E-state index contributed by atoms with van der Waals surface area (Å²) < 4.78 is 0. The van der Waals surface area contributed by atoms with Gasteiger partial charge in [0.05, 0.1) is 13.0 Å². The lowest BCUT2D eigenvalue weighted by molar-refractivity contribution is -0.712. The minimum Gasteiger partial charge on any atom is -0.374 e. The lowest BCUT2D eigenvalue weighted by Crippen LogP contribution is -2.95. The number of quaternary nitrogens is 2. The number of carbonyl (C=O) groups is 1. The highest BCUT2D eigenvalue weighted by atomic mass is 16.3. The van der Waals surface area contributed by atoms with Crippen molar-refractivity contribution in [1.29, 1.82) is 0 Å². The number of nitrogens with two attached hydrogens (primary N) is 2. The lowest BCUT2D eigenvalue weighted by atomic mass is 10.2. The van der Waals surface area contributed by atoms with E-state index in [2.05, 4.69) is 10.6 Å². The molecule has 0 bridgehead atoms. The molecule has 15 heavy (non-hydrogen) atoms. The van der Waals surface area contributed by atoms with Gasteiger partial charge in [-0.25, -0.2) is 0 Å². The molecule has 5 heteroatoms. The summed E-state index contributed by atoms with van der Waals surface area (Å²) in [4.78, 5) is 13.3. The number of hydrogen-bond donors (Lipinski definition) is 3. The zero-order chi connectivity index (χ0) is 10.7. The topological polar surface area (TPSA) is 73.8 Å². The summed E-state index contributed by atoms with van der Waals surface area (Å²) in [5.74, 6) is 0.0897. The molecular weight excluding hydrogens is 194 g/mol. The molecule has 5 N–H and O–H groups in total. The quantitative estimate of drug-likeness (QED) is 0.464. The van der Waals surface area contributed by atoms with Gasteiger partial charge in [-0.3, -0.25) is 4.79 Å². The van der Waals surface area contributed by atoms with Crippen LogP contribution in [-0.2, 0) is 4.79 Å². The molecular formula is C10H21N3O2+2. The zero-order valence-electron chi connectivity index (χ0n) is 9.06. The summed E-state index contributed by atoms with van der Waals surface area (Å²) >= 11 is 0. The molecule has 2 unspecified atom stereocenters. The molecule has 0 radical (unpaired) electrons. The van der Waals surface area contributed by atoms with Crippen molar-refractivity contribution in [1.82, 2.24) is 4.90 Å². The average Bonchev–Trinajstić information content (AvgIpc) is 2.84. The van der Waals surface area contributed by atoms with Gasteiger partial charge in [0.25, 0.3) is 5.91 Å². The van der Waals surface area contributed by atoms with E-state index in [1.54, 1.807) is 4.90 Å². The molecule has 0 aromatic carbocycles. The van der Waals surface area contributed by atoms with Gasteiger partial charge >= 0.3 is 0 Å². The first kappa shape index (κ1) is 10.9. The third kappa shape index (κ3) is 2.68. The van der Waals surface area contributed by atoms with E-state index < -0.39 is 6.23 Å². The van der Waals surface area contributed by atoms with E-state index in [9.17, 15) is 9.90 Å². The number of aliphatic hydroxyl groups is 1. The number of amides is 1. The standard InChI is InChI=1S/C10H19N3O2/c14-9-2-1-5-13(9)10(15)7-12-8-3-4-11-6-8/h8-9,11-12,14H,1-7H2/p+2. The smallest absolute Gasteiger partial charge is 0.279 e. The van der Waals surface area contributed by atoms with Gasteiger partial charge in [0.2, 0.25) is 0 Å². The van der Waals surface area contributed by atoms with E-state index in [4.69, 9.17) is 0 Å². The monoisotopic (exact) mass is 215 g/mol. The Morgan fingerprint density at radius 3 is 3.00 bits per heavy atom. The molecule has 1 amide bonds. The van der Waals surface area contributed by atoms with Crippen LogP contribution in [0, 0.1) is 0 Å². The first-order valence-electron chi connectivity index (χ1n) is 5.90. The summed E-state index contributed by atoms with van der Waals surface area (Å²) in [7, 11) is 0. The molecule has 2 heterocycles. The minimum atomic E-state index is -0.527. The number of carbonyl (C=O) groups excluding carboxylic acids is 1. The first-order chi connectivity index (χ1) is 7.27. The second-order valence-electron chi connectivity index (χ2n) is 4.51. The zero-order valence-corrected chi connectivity index (χ0v) is 9.06. The summed E-state index contributed by atoms with van der Waals surface area (Å²) in [5.41, 5.74) is 0. The Morgan fingerprint density at radius 2 is 2.40 bits per heavy atom. The van der Waals surface area contributed by atoms with E-state index in [0.29, 0.717) is 12.6 Å². The van der Waals surface area contributed by atoms with E-state index >= 15 is 0 Å². The molecule has 0 aromatic heterocycles. The van der Waals surface area contributed by atoms with E-state index in [1.807, 2.05) is 0 Å². The van der Waals surface area contributed by atoms with E-state index in [1.165, 1.54) is 13.0 Å². The molecule has 2 atom stereocenters. The van der Waals surface area contributed by atoms with Crippen molar-refractivity contribution in [2.45, 2.75) is 31.5 Å². The fraction of sp³-hybridized carbons (Fsp3) is 0.900. The lowest BCUT2D eigenvalue weighted by Gasteiger charge is -2.19. The molecule has 2 saturated heterocycles. The first-order valence-corrected chi connectivity index (χ1v) is 5.90. The van der Waals surface area contributed by atoms with Gasteiger partial charge in [-0.1, -0.05) is 0 Å². The van der Waals surface area contributed by atoms with Crippen LogP contribution < -0.4 is 10.6 Å². The second-order valence-corrected chi connectivity index (χ2v) is 4.51. The Hall–Kier alpha value is -0.650. The molecule has 86 valence electrons. The normalized spacial score (nSPS) is 31.1. The predicted molar refractivity (Wildman–Crippen MR) is 53.8 cm³/mol. The fourth-order valence-electron chi connectivity index (χ4n) is 2.42. The fourth-order valence-corrected chi connectivity index (χ4v) is 2.42. The van der Waals surface area contributed by atoms with Crippen LogP contribution in [0.3, 0.4) is 0 Å². The second kappa shape index (κ2) is 4.92. The Labute approximate surface area is 89.8 Å². The van der Waals surface area contributed by atoms with Crippen LogP contribution in [0.25, 0.3) is 0 Å². The maximum atomic E-state index is 11.7. The van der Waals surface area contributed by atoms with Crippen molar-refractivity contribution in [2.75, 3.05) is 26.2 Å². The molecule has 0 aromatic rings. The highest BCUT2D eigenvalue weighted by Gasteiger charge is 2.29. The maximum absolute atomic E-state index is 11.7. The number of nitrogens with zero attached hydrogens (tertiary/aromatic N) is 1. The summed E-state index contributed by atoms with van der Waals surface area (Å²) in [6.07, 6.45) is 2.34. The van der Waals surface area contributed by atoms with Crippen LogP contribution >= 0.6 is 0 Å². The Balaban J connectivity index is 1.71. The number of aliphatic hydroxyl groups excluding tert-OH is 1. The molecule has 5 nitrogen and oxygen atoms in total. The molecule has 0 saturated carbocycles. The van der Waals surface area contributed by atoms with Crippen molar-refractivity contribution in [3.05, 3.63) is 0 Å². The predicted octanol–water partition coefficient (Wildman–Crippen LogP) is -3.17. The molecule has 0 spiro atoms. The molecule has 2 aliphatic rings. The van der Waals surface area contributed by atoms with Crippen molar-refractivity contribution in [3.8, 4) is 0 Å². The molecule has 0 aliphatic carbocycles. The van der Waals surface area contributed by atoms with Gasteiger partial charge in [0.15, 0.2) is 6.54 Å². The van der Waals surface area contributed by atoms with Gasteiger partial charge in [-0.05, 0) is 12.8 Å². The van der Waals surface area contributed by atoms with Crippen LogP contribution in [0.2, 0.25) is 0 Å². The third-order valence-corrected chi connectivity index (χ3v) is 3.38. The maximum Gasteiger partial charge on any atom is 0.279 e. The van der Waals surface area contributed by atoms with Gasteiger partial charge in [0.1, 0.15) is 18.8 Å². The highest BCUT2D eigenvalue weighted by molar-refractivity contribution is 5.77. The van der Waals surface area contributed by atoms with Gasteiger partial charge in [-0.2, -0.15) is 0 Å². The Morgan fingerprint density at radius 1 is 1.53 bits per heavy atom. The summed E-state index contributed by atoms with van der Waals surface area (Å²) in [6.45, 7) is 3.53. The van der Waals surface area contributed by atoms with Gasteiger partial charge in [0, 0.05) is 6.54 Å². The van der Waals surface area contributed by atoms with Crippen LogP contribution in [-0.4, -0.2) is 54.4 Å². The minimum absolute atomic E-state index is 0.0897. The molecule has 2 fully saturated rings. The van der Waals surface area contributed by atoms with Crippen molar-refractivity contribution >= 4 is 5.91 Å². The Kier molecular flexibility index (Phi) is 3.56. The molecule has 2 aliphatic heterocycles. The highest BCUT2D eigenvalue weighted by Crippen LogP contribution is 2.13. The van der Waals surface area contributed by atoms with Crippen molar-refractivity contribution < 1.29 is 20.5 Å². The third-order valence-electron chi connectivity index (χ3n) is 3.38. The van der Waals surface area contributed by atoms with Crippen LogP contribution in [0.1, 0.15) is 19.3 Å². The number of hydrogen-bond acceptors (Lipinski definition) is 2. The van der Waals surface area contributed by atoms with E-state index in [-0.39, 0.29) is 5.91 Å².